The first kappa shape index (κ1) is 6.42. The number of carbonyl (C=O) groups excluding carboxylic acids is 2. The molecule has 0 N–H and O–H groups in total. The molecule has 1 aliphatic carbocycles. The van der Waals surface area contributed by atoms with Crippen LogP contribution in [0.4, 0.5) is 0 Å². The normalized spacial score (nSPS) is 21.4. The van der Waals surface area contributed by atoms with Gasteiger partial charge in [-0.2, -0.15) is 0 Å². The Labute approximate surface area is 53.0 Å². The number of Topliss-reactive ketones (excluding diaryl/α,β-unsaturated/α-hetero) is 2. The van der Waals surface area contributed by atoms with Crippen molar-refractivity contribution in [3.05, 3.63) is 0 Å². The van der Waals surface area contributed by atoms with Crippen molar-refractivity contribution in [1.29, 1.82) is 0 Å². The van der Waals surface area contributed by atoms with Crippen LogP contribution in [0.2, 0.25) is 0 Å². The monoisotopic (exact) mass is 128 g/mol. The van der Waals surface area contributed by atoms with Gasteiger partial charge in [-0.1, -0.05) is 0 Å². The number of ketones is 2. The number of ether oxygens (including phenoxy) is 1. The summed E-state index contributed by atoms with van der Waals surface area (Å²) >= 11 is 0. The van der Waals surface area contributed by atoms with Crippen LogP contribution in [0.1, 0.15) is 12.8 Å². The Kier molecular flexibility index (Phi) is 1.62. The van der Waals surface area contributed by atoms with Gasteiger partial charge in [0.1, 0.15) is 0 Å². The van der Waals surface area contributed by atoms with Crippen LogP contribution in [-0.4, -0.2) is 24.8 Å². The minimum absolute atomic E-state index is 0.0810. The maximum Gasteiger partial charge on any atom is 0.173 e. The Hall–Kier alpha value is -0.700. The Balaban J connectivity index is 2.66. The second-order valence-corrected chi connectivity index (χ2v) is 2.05. The average molecular weight is 128 g/mol. The summed E-state index contributed by atoms with van der Waals surface area (Å²) in [5.41, 5.74) is 0. The smallest absolute Gasteiger partial charge is 0.173 e. The maximum absolute atomic E-state index is 10.7. The standard InChI is InChI=1S/C6H8O3/c1-9-6-4(7)2-3-5(6)8/h6H,2-3H2,1H3. The van der Waals surface area contributed by atoms with Gasteiger partial charge in [-0.3, -0.25) is 9.59 Å². The number of hydrogen-bond donors (Lipinski definition) is 0. The molecule has 0 spiro atoms. The van der Waals surface area contributed by atoms with Crippen molar-refractivity contribution < 1.29 is 14.3 Å². The first-order valence-corrected chi connectivity index (χ1v) is 2.84. The Morgan fingerprint density at radius 3 is 2.00 bits per heavy atom. The maximum atomic E-state index is 10.7. The van der Waals surface area contributed by atoms with Crippen molar-refractivity contribution in [2.45, 2.75) is 18.9 Å². The van der Waals surface area contributed by atoms with Crippen LogP contribution in [0.25, 0.3) is 0 Å². The molecule has 1 fully saturated rings. The van der Waals surface area contributed by atoms with Gasteiger partial charge in [-0.15, -0.1) is 0 Å². The third kappa shape index (κ3) is 1.00. The highest BCUT2D eigenvalue weighted by Gasteiger charge is 2.32. The fraction of sp³-hybridized carbons (Fsp3) is 0.667. The van der Waals surface area contributed by atoms with Gasteiger partial charge in [0.25, 0.3) is 0 Å². The zero-order chi connectivity index (χ0) is 6.85. The lowest BCUT2D eigenvalue weighted by Crippen LogP contribution is -2.22. The van der Waals surface area contributed by atoms with Crippen molar-refractivity contribution >= 4 is 11.6 Å². The van der Waals surface area contributed by atoms with Crippen LogP contribution in [0, 0.1) is 0 Å². The molecule has 0 aromatic heterocycles. The number of hydrogen-bond acceptors (Lipinski definition) is 3. The summed E-state index contributed by atoms with van der Waals surface area (Å²) in [6.07, 6.45) is -0.0284. The highest BCUT2D eigenvalue weighted by molar-refractivity contribution is 6.11. The summed E-state index contributed by atoms with van der Waals surface area (Å²) in [4.78, 5) is 21.3. The van der Waals surface area contributed by atoms with Crippen molar-refractivity contribution in [2.75, 3.05) is 7.11 Å². The zero-order valence-electron chi connectivity index (χ0n) is 5.22. The summed E-state index contributed by atoms with van der Waals surface area (Å²) in [7, 11) is 1.38. The zero-order valence-corrected chi connectivity index (χ0v) is 5.22. The first-order chi connectivity index (χ1) is 4.25. The quantitative estimate of drug-likeness (QED) is 0.464. The van der Waals surface area contributed by atoms with Crippen LogP contribution in [0.15, 0.2) is 0 Å². The van der Waals surface area contributed by atoms with Crippen LogP contribution in [-0.2, 0) is 14.3 Å². The van der Waals surface area contributed by atoms with Crippen LogP contribution in [0.3, 0.4) is 0 Å². The lowest BCUT2D eigenvalue weighted by atomic mass is 10.3. The van der Waals surface area contributed by atoms with E-state index in [1.165, 1.54) is 7.11 Å². The molecule has 0 heterocycles. The fourth-order valence-electron chi connectivity index (χ4n) is 0.951. The summed E-state index contributed by atoms with van der Waals surface area (Å²) < 4.78 is 4.64. The van der Waals surface area contributed by atoms with E-state index in [-0.39, 0.29) is 11.6 Å². The highest BCUT2D eigenvalue weighted by Crippen LogP contribution is 2.12. The third-order valence-electron chi connectivity index (χ3n) is 1.44. The number of carbonyl (C=O) groups is 2. The molecule has 0 unspecified atom stereocenters. The van der Waals surface area contributed by atoms with Crippen LogP contribution < -0.4 is 0 Å². The predicted molar refractivity (Wildman–Crippen MR) is 30.0 cm³/mol. The number of methoxy groups -OCH3 is 1. The second-order valence-electron chi connectivity index (χ2n) is 2.05. The Bertz CT molecular complexity index is 134. The topological polar surface area (TPSA) is 43.4 Å². The molecule has 9 heavy (non-hydrogen) atoms. The van der Waals surface area contributed by atoms with Gasteiger partial charge in [-0.05, 0) is 0 Å². The van der Waals surface area contributed by atoms with Gasteiger partial charge in [0.2, 0.25) is 0 Å². The van der Waals surface area contributed by atoms with Crippen molar-refractivity contribution in [3.8, 4) is 0 Å². The number of rotatable bonds is 1. The summed E-state index contributed by atoms with van der Waals surface area (Å²) in [5, 5.41) is 0. The van der Waals surface area contributed by atoms with E-state index in [0.29, 0.717) is 12.8 Å². The summed E-state index contributed by atoms with van der Waals surface area (Å²) in [6, 6.07) is 0. The molecule has 0 saturated heterocycles. The van der Waals surface area contributed by atoms with E-state index in [1.807, 2.05) is 0 Å². The molecule has 0 bridgehead atoms. The predicted octanol–water partition coefficient (Wildman–Crippen LogP) is -0.0666. The summed E-state index contributed by atoms with van der Waals surface area (Å²) in [6.45, 7) is 0. The van der Waals surface area contributed by atoms with Gasteiger partial charge in [-0.25, -0.2) is 0 Å². The van der Waals surface area contributed by atoms with E-state index >= 15 is 0 Å². The van der Waals surface area contributed by atoms with Crippen molar-refractivity contribution in [3.63, 3.8) is 0 Å². The van der Waals surface area contributed by atoms with Gasteiger partial charge < -0.3 is 4.74 Å². The molecule has 1 rings (SSSR count). The van der Waals surface area contributed by atoms with Crippen LogP contribution >= 0.6 is 0 Å². The highest BCUT2D eigenvalue weighted by atomic mass is 16.5. The van der Waals surface area contributed by atoms with Crippen molar-refractivity contribution in [2.24, 2.45) is 0 Å². The van der Waals surface area contributed by atoms with E-state index in [9.17, 15) is 9.59 Å². The molecular weight excluding hydrogens is 120 g/mol. The molecule has 0 aromatic rings. The third-order valence-corrected chi connectivity index (χ3v) is 1.44. The largest absolute Gasteiger partial charge is 0.366 e. The van der Waals surface area contributed by atoms with Gasteiger partial charge in [0, 0.05) is 20.0 Å². The average Bonchev–Trinajstić information content (AvgIpc) is 2.12. The molecular formula is C6H8O3. The molecule has 0 aromatic carbocycles. The lowest BCUT2D eigenvalue weighted by Gasteiger charge is -2.00. The van der Waals surface area contributed by atoms with Gasteiger partial charge >= 0.3 is 0 Å². The SMILES string of the molecule is COC1C(=O)CCC1=O. The van der Waals surface area contributed by atoms with Crippen LogP contribution in [0.5, 0.6) is 0 Å². The van der Waals surface area contributed by atoms with E-state index in [1.54, 1.807) is 0 Å². The van der Waals surface area contributed by atoms with E-state index in [4.69, 9.17) is 0 Å². The molecule has 3 heteroatoms. The van der Waals surface area contributed by atoms with Gasteiger partial charge in [0.05, 0.1) is 0 Å². The lowest BCUT2D eigenvalue weighted by molar-refractivity contribution is -0.134. The Morgan fingerprint density at radius 2 is 1.78 bits per heavy atom. The minimum Gasteiger partial charge on any atom is -0.366 e. The molecule has 3 nitrogen and oxygen atoms in total. The second kappa shape index (κ2) is 2.27. The van der Waals surface area contributed by atoms with E-state index < -0.39 is 6.10 Å². The molecule has 1 aliphatic rings. The minimum atomic E-state index is -0.745. The molecule has 1 saturated carbocycles. The summed E-state index contributed by atoms with van der Waals surface area (Å²) in [5.74, 6) is -0.162. The molecule has 50 valence electrons. The Morgan fingerprint density at radius 1 is 1.33 bits per heavy atom. The van der Waals surface area contributed by atoms with Gasteiger partial charge in [0.15, 0.2) is 17.7 Å². The van der Waals surface area contributed by atoms with E-state index in [2.05, 4.69) is 4.74 Å². The molecule has 0 aliphatic heterocycles. The molecule has 0 amide bonds. The van der Waals surface area contributed by atoms with E-state index in [0.717, 1.165) is 0 Å². The fourth-order valence-corrected chi connectivity index (χ4v) is 0.951. The molecule has 0 atom stereocenters. The molecule has 0 radical (unpaired) electrons. The van der Waals surface area contributed by atoms with Crippen molar-refractivity contribution in [1.82, 2.24) is 0 Å². The first-order valence-electron chi connectivity index (χ1n) is 2.84.